The normalized spacial score (nSPS) is 17.9. The van der Waals surface area contributed by atoms with Gasteiger partial charge >= 0.3 is 0 Å². The number of hydrogen-bond donors (Lipinski definition) is 2. The highest BCUT2D eigenvalue weighted by molar-refractivity contribution is 5.76. The second kappa shape index (κ2) is 22.3. The van der Waals surface area contributed by atoms with Crippen molar-refractivity contribution < 1.29 is 19.7 Å². The van der Waals surface area contributed by atoms with E-state index in [1.54, 1.807) is 13.8 Å². The van der Waals surface area contributed by atoms with E-state index in [4.69, 9.17) is 9.84 Å². The minimum atomic E-state index is 0.0270. The van der Waals surface area contributed by atoms with Crippen LogP contribution in [0.1, 0.15) is 108 Å². The van der Waals surface area contributed by atoms with E-state index in [2.05, 4.69) is 66.2 Å². The predicted octanol–water partition coefficient (Wildman–Crippen LogP) is 9.04. The van der Waals surface area contributed by atoms with Crippen LogP contribution in [0.25, 0.3) is 0 Å². The zero-order chi connectivity index (χ0) is 31.4. The van der Waals surface area contributed by atoms with E-state index < -0.39 is 0 Å². The number of ketones is 1. The number of aliphatic hydroxyl groups excluding tert-OH is 2. The third-order valence-corrected chi connectivity index (χ3v) is 6.76. The second-order valence-electron chi connectivity index (χ2n) is 11.1. The molecule has 2 atom stereocenters. The Morgan fingerprint density at radius 1 is 1.10 bits per heavy atom. The first-order valence-corrected chi connectivity index (χ1v) is 14.9. The van der Waals surface area contributed by atoms with Crippen molar-refractivity contribution in [3.63, 3.8) is 0 Å². The van der Waals surface area contributed by atoms with E-state index in [1.165, 1.54) is 34.3 Å². The standard InChI is InChI=1S/C22H33NO2.C9H20O2.C4H8/c1-9-14(3)21(10-2)17(6)15(4)12-23-13-20(11-16(5)24)22(18(23)7)19(8)25;1-3-5-6-9(8-10)11-7-4-2;1-4(2)3/h9,20,25H,1,7,10-13H2,2-6,8H3;9-10H,3-8H2,1-2H3;1H2,2-3H3/b17-15+,21-14-,22-19-;;. The first kappa shape index (κ1) is 39.8. The lowest BCUT2D eigenvalue weighted by atomic mass is 9.95. The fourth-order valence-corrected chi connectivity index (χ4v) is 4.62. The van der Waals surface area contributed by atoms with Gasteiger partial charge in [0.15, 0.2) is 0 Å². The lowest BCUT2D eigenvalue weighted by Gasteiger charge is -2.22. The van der Waals surface area contributed by atoms with Crippen LogP contribution < -0.4 is 0 Å². The van der Waals surface area contributed by atoms with E-state index in [0.29, 0.717) is 6.42 Å². The maximum absolute atomic E-state index is 11.6. The number of carbonyl (C=O) groups excluding carboxylic acids is 1. The topological polar surface area (TPSA) is 70.0 Å². The molecule has 5 heteroatoms. The molecule has 40 heavy (non-hydrogen) atoms. The van der Waals surface area contributed by atoms with Crippen LogP contribution in [0.5, 0.6) is 0 Å². The Labute approximate surface area is 247 Å². The Kier molecular flexibility index (Phi) is 22.2. The van der Waals surface area contributed by atoms with Gasteiger partial charge in [-0.2, -0.15) is 0 Å². The summed E-state index contributed by atoms with van der Waals surface area (Å²) in [6.45, 7) is 34.0. The van der Waals surface area contributed by atoms with Crippen LogP contribution in [-0.4, -0.2) is 53.3 Å². The van der Waals surface area contributed by atoms with Crippen molar-refractivity contribution in [2.45, 2.75) is 114 Å². The van der Waals surface area contributed by atoms with Crippen LogP contribution in [0.4, 0.5) is 0 Å². The molecule has 1 aliphatic rings. The first-order valence-electron chi connectivity index (χ1n) is 14.9. The summed E-state index contributed by atoms with van der Waals surface area (Å²) >= 11 is 0. The summed E-state index contributed by atoms with van der Waals surface area (Å²) in [5.41, 5.74) is 7.93. The lowest BCUT2D eigenvalue weighted by Crippen LogP contribution is -2.22. The summed E-state index contributed by atoms with van der Waals surface area (Å²) < 4.78 is 5.39. The van der Waals surface area contributed by atoms with Gasteiger partial charge in [0.25, 0.3) is 0 Å². The Hall–Kier alpha value is -2.37. The molecule has 0 aromatic carbocycles. The SMILES string of the molecule is C=C(C)C.C=C/C(C)=C(CC)\C(C)=C(/C)CN1CC(CC(C)=O)/C(=C(/C)O)C1=C.CCCCC(CO)OCCC. The predicted molar refractivity (Wildman–Crippen MR) is 174 cm³/mol. The molecule has 230 valence electrons. The summed E-state index contributed by atoms with van der Waals surface area (Å²) in [5.74, 6) is 0.438. The van der Waals surface area contributed by atoms with Crippen LogP contribution in [0.3, 0.4) is 0 Å². The van der Waals surface area contributed by atoms with Crippen LogP contribution in [0.15, 0.2) is 70.7 Å². The summed E-state index contributed by atoms with van der Waals surface area (Å²) in [4.78, 5) is 13.7. The monoisotopic (exact) mass is 559 g/mol. The van der Waals surface area contributed by atoms with Gasteiger partial charge in [-0.25, -0.2) is 0 Å². The molecule has 5 nitrogen and oxygen atoms in total. The molecular weight excluding hydrogens is 498 g/mol. The summed E-state index contributed by atoms with van der Waals surface area (Å²) in [6.07, 6.45) is 7.74. The molecule has 1 aliphatic heterocycles. The van der Waals surface area contributed by atoms with Crippen molar-refractivity contribution in [2.24, 2.45) is 5.92 Å². The quantitative estimate of drug-likeness (QED) is 0.126. The van der Waals surface area contributed by atoms with Gasteiger partial charge in [-0.1, -0.05) is 64.0 Å². The number of rotatable bonds is 14. The van der Waals surface area contributed by atoms with Crippen molar-refractivity contribution in [3.05, 3.63) is 70.7 Å². The molecule has 0 bridgehead atoms. The van der Waals surface area contributed by atoms with Gasteiger partial charge in [0.2, 0.25) is 0 Å². The van der Waals surface area contributed by atoms with E-state index in [1.807, 2.05) is 19.9 Å². The van der Waals surface area contributed by atoms with Crippen molar-refractivity contribution in [1.29, 1.82) is 0 Å². The largest absolute Gasteiger partial charge is 0.512 e. The average Bonchev–Trinajstić information content (AvgIpc) is 3.17. The number of Topliss-reactive ketones (excluding diaryl/α,β-unsaturated/α-hetero) is 1. The number of unbranched alkanes of at least 4 members (excludes halogenated alkanes) is 1. The van der Waals surface area contributed by atoms with Gasteiger partial charge in [-0.3, -0.25) is 0 Å². The van der Waals surface area contributed by atoms with Gasteiger partial charge in [0, 0.05) is 43.3 Å². The minimum absolute atomic E-state index is 0.0270. The summed E-state index contributed by atoms with van der Waals surface area (Å²) in [5, 5.41) is 18.9. The third kappa shape index (κ3) is 16.0. The van der Waals surface area contributed by atoms with E-state index >= 15 is 0 Å². The fourth-order valence-electron chi connectivity index (χ4n) is 4.62. The smallest absolute Gasteiger partial charge is 0.130 e. The molecule has 1 heterocycles. The number of aliphatic hydroxyl groups is 2. The van der Waals surface area contributed by atoms with Crippen molar-refractivity contribution in [3.8, 4) is 0 Å². The number of allylic oxidation sites excluding steroid dienone is 7. The first-order chi connectivity index (χ1) is 18.7. The molecule has 0 aromatic heterocycles. The zero-order valence-electron chi connectivity index (χ0n) is 27.6. The molecule has 0 aromatic rings. The van der Waals surface area contributed by atoms with Crippen LogP contribution in [0.2, 0.25) is 0 Å². The third-order valence-electron chi connectivity index (χ3n) is 6.76. The highest BCUT2D eigenvalue weighted by Crippen LogP contribution is 2.36. The fraction of sp³-hybridized carbons (Fsp3) is 0.629. The molecule has 1 saturated heterocycles. The van der Waals surface area contributed by atoms with Gasteiger partial charge in [-0.05, 0) is 84.4 Å². The minimum Gasteiger partial charge on any atom is -0.512 e. The van der Waals surface area contributed by atoms with Gasteiger partial charge in [0.05, 0.1) is 18.5 Å². The number of ether oxygens (including phenoxy) is 1. The van der Waals surface area contributed by atoms with E-state index in [-0.39, 0.29) is 30.2 Å². The molecule has 1 rings (SSSR count). The van der Waals surface area contributed by atoms with E-state index in [0.717, 1.165) is 56.6 Å². The number of nitrogens with zero attached hydrogens (tertiary/aromatic N) is 1. The Morgan fingerprint density at radius 2 is 1.68 bits per heavy atom. The highest BCUT2D eigenvalue weighted by Gasteiger charge is 2.33. The van der Waals surface area contributed by atoms with Crippen LogP contribution >= 0.6 is 0 Å². The Morgan fingerprint density at radius 3 is 2.08 bits per heavy atom. The average molecular weight is 560 g/mol. The summed E-state index contributed by atoms with van der Waals surface area (Å²) in [7, 11) is 0. The van der Waals surface area contributed by atoms with Gasteiger partial charge in [0.1, 0.15) is 5.78 Å². The second-order valence-corrected chi connectivity index (χ2v) is 11.1. The maximum Gasteiger partial charge on any atom is 0.130 e. The molecule has 0 spiro atoms. The Balaban J connectivity index is 0. The molecule has 0 saturated carbocycles. The zero-order valence-corrected chi connectivity index (χ0v) is 27.6. The lowest BCUT2D eigenvalue weighted by molar-refractivity contribution is -0.117. The summed E-state index contributed by atoms with van der Waals surface area (Å²) in [6, 6.07) is 0. The highest BCUT2D eigenvalue weighted by atomic mass is 16.5. The number of likely N-dealkylation sites (tertiary alicyclic amines) is 1. The Bertz CT molecular complexity index is 890. The number of hydrogen-bond acceptors (Lipinski definition) is 5. The molecule has 1 fully saturated rings. The number of carbonyl (C=O) groups is 1. The molecule has 2 N–H and O–H groups in total. The van der Waals surface area contributed by atoms with Gasteiger partial charge < -0.3 is 24.6 Å². The molecule has 0 radical (unpaired) electrons. The van der Waals surface area contributed by atoms with Crippen LogP contribution in [0, 0.1) is 5.92 Å². The van der Waals surface area contributed by atoms with E-state index in [9.17, 15) is 9.90 Å². The maximum atomic E-state index is 11.6. The van der Waals surface area contributed by atoms with Crippen LogP contribution in [-0.2, 0) is 9.53 Å². The van der Waals surface area contributed by atoms with Crippen molar-refractivity contribution >= 4 is 5.78 Å². The molecular formula is C35H61NO4. The molecule has 0 amide bonds. The van der Waals surface area contributed by atoms with Gasteiger partial charge in [-0.15, -0.1) is 6.58 Å². The molecule has 2 unspecified atom stereocenters. The van der Waals surface area contributed by atoms with Crippen molar-refractivity contribution in [2.75, 3.05) is 26.3 Å². The molecule has 0 aliphatic carbocycles. The van der Waals surface area contributed by atoms with Crippen molar-refractivity contribution in [1.82, 2.24) is 4.90 Å².